The number of carbonyl (C=O) groups excluding carboxylic acids is 1. The van der Waals surface area contributed by atoms with E-state index in [0.29, 0.717) is 0 Å². The van der Waals surface area contributed by atoms with Gasteiger partial charge in [-0.15, -0.1) is 0 Å². The van der Waals surface area contributed by atoms with Gasteiger partial charge in [0.15, 0.2) is 0 Å². The fraction of sp³-hybridized carbons (Fsp3) is 0. The van der Waals surface area contributed by atoms with E-state index in [2.05, 4.69) is 5.32 Å². The number of amides is 1. The molecule has 0 aliphatic carbocycles. The summed E-state index contributed by atoms with van der Waals surface area (Å²) in [6.45, 7) is 0. The summed E-state index contributed by atoms with van der Waals surface area (Å²) in [5.74, 6) is -1.38. The Labute approximate surface area is 108 Å². The van der Waals surface area contributed by atoms with Gasteiger partial charge in [-0.05, 0) is 24.3 Å². The average molecular weight is 284 g/mol. The van der Waals surface area contributed by atoms with Crippen LogP contribution in [0.3, 0.4) is 0 Å². The summed E-state index contributed by atoms with van der Waals surface area (Å²) in [5.41, 5.74) is 0.205. The van der Waals surface area contributed by atoms with Gasteiger partial charge in [-0.2, -0.15) is 0 Å². The van der Waals surface area contributed by atoms with Crippen LogP contribution in [0.2, 0.25) is 0 Å². The molecular formula is C11H9FN2O4S. The van der Waals surface area contributed by atoms with Gasteiger partial charge in [0, 0.05) is 5.69 Å². The fourth-order valence-corrected chi connectivity index (χ4v) is 1.96. The number of furan rings is 1. The molecule has 1 amide bonds. The molecule has 0 saturated carbocycles. The maximum absolute atomic E-state index is 13.3. The van der Waals surface area contributed by atoms with Crippen molar-refractivity contribution in [3.8, 4) is 0 Å². The number of carbonyl (C=O) groups is 1. The number of primary sulfonamides is 1. The van der Waals surface area contributed by atoms with E-state index in [4.69, 9.17) is 9.56 Å². The van der Waals surface area contributed by atoms with Crippen molar-refractivity contribution >= 4 is 21.6 Å². The largest absolute Gasteiger partial charge is 0.472 e. The minimum absolute atomic E-state index is 0.0183. The first-order chi connectivity index (χ1) is 8.86. The number of sulfonamides is 1. The van der Waals surface area contributed by atoms with Gasteiger partial charge in [-0.1, -0.05) is 0 Å². The predicted octanol–water partition coefficient (Wildman–Crippen LogP) is 1.32. The van der Waals surface area contributed by atoms with Crippen molar-refractivity contribution in [3.63, 3.8) is 0 Å². The lowest BCUT2D eigenvalue weighted by molar-refractivity contribution is 0.102. The first-order valence-electron chi connectivity index (χ1n) is 5.03. The van der Waals surface area contributed by atoms with Gasteiger partial charge in [0.25, 0.3) is 5.91 Å². The molecule has 1 heterocycles. The van der Waals surface area contributed by atoms with Crippen molar-refractivity contribution in [3.05, 3.63) is 48.2 Å². The molecule has 0 aliphatic rings. The molecule has 6 nitrogen and oxygen atoms in total. The Bertz CT molecular complexity index is 710. The molecule has 0 unspecified atom stereocenters. The highest BCUT2D eigenvalue weighted by Crippen LogP contribution is 2.18. The van der Waals surface area contributed by atoms with Crippen LogP contribution in [-0.2, 0) is 10.0 Å². The van der Waals surface area contributed by atoms with Crippen LogP contribution in [0.5, 0.6) is 0 Å². The molecule has 0 spiro atoms. The number of hydrogen-bond donors (Lipinski definition) is 2. The van der Waals surface area contributed by atoms with Gasteiger partial charge in [0.05, 0.1) is 16.7 Å². The van der Waals surface area contributed by atoms with Crippen molar-refractivity contribution in [2.24, 2.45) is 5.14 Å². The number of nitrogens with one attached hydrogen (secondary N) is 1. The van der Waals surface area contributed by atoms with Crippen LogP contribution in [0.1, 0.15) is 10.4 Å². The van der Waals surface area contributed by atoms with Gasteiger partial charge in [-0.25, -0.2) is 17.9 Å². The lowest BCUT2D eigenvalue weighted by atomic mass is 10.2. The van der Waals surface area contributed by atoms with Crippen molar-refractivity contribution in [1.29, 1.82) is 0 Å². The summed E-state index contributed by atoms with van der Waals surface area (Å²) in [6.07, 6.45) is 2.51. The van der Waals surface area contributed by atoms with Gasteiger partial charge < -0.3 is 9.73 Å². The summed E-state index contributed by atoms with van der Waals surface area (Å²) < 4.78 is 40.3. The highest BCUT2D eigenvalue weighted by Gasteiger charge is 2.13. The Morgan fingerprint density at radius 3 is 2.63 bits per heavy atom. The lowest BCUT2D eigenvalue weighted by Gasteiger charge is -2.06. The number of nitrogens with two attached hydrogens (primary N) is 1. The molecule has 100 valence electrons. The zero-order chi connectivity index (χ0) is 14.0. The standard InChI is InChI=1S/C11H9FN2O4S/c12-8-3-9(5-10(4-8)19(13,16)17)14-11(15)7-1-2-18-6-7/h1-6H,(H,14,15)(H2,13,16,17). The van der Waals surface area contributed by atoms with Gasteiger partial charge in [0.1, 0.15) is 12.1 Å². The molecule has 19 heavy (non-hydrogen) atoms. The molecule has 1 aromatic carbocycles. The maximum atomic E-state index is 13.3. The Morgan fingerprint density at radius 1 is 1.32 bits per heavy atom. The van der Waals surface area contributed by atoms with Crippen molar-refractivity contribution in [1.82, 2.24) is 0 Å². The predicted molar refractivity (Wildman–Crippen MR) is 64.4 cm³/mol. The SMILES string of the molecule is NS(=O)(=O)c1cc(F)cc(NC(=O)c2ccoc2)c1. The molecule has 2 rings (SSSR count). The highest BCUT2D eigenvalue weighted by molar-refractivity contribution is 7.89. The van der Waals surface area contributed by atoms with Crippen molar-refractivity contribution in [2.75, 3.05) is 5.32 Å². The third-order valence-corrected chi connectivity index (χ3v) is 3.13. The molecule has 8 heteroatoms. The van der Waals surface area contributed by atoms with E-state index < -0.39 is 26.6 Å². The number of rotatable bonds is 3. The van der Waals surface area contributed by atoms with Crippen LogP contribution < -0.4 is 10.5 Å². The van der Waals surface area contributed by atoms with Crippen molar-refractivity contribution in [2.45, 2.75) is 4.90 Å². The first-order valence-corrected chi connectivity index (χ1v) is 6.58. The number of hydrogen-bond acceptors (Lipinski definition) is 4. The summed E-state index contributed by atoms with van der Waals surface area (Å²) in [4.78, 5) is 11.3. The molecule has 0 aliphatic heterocycles. The van der Waals surface area contributed by atoms with Crippen LogP contribution >= 0.6 is 0 Å². The van der Waals surface area contributed by atoms with E-state index in [1.807, 2.05) is 0 Å². The topological polar surface area (TPSA) is 102 Å². The molecule has 0 fully saturated rings. The Balaban J connectivity index is 2.31. The van der Waals surface area contributed by atoms with Crippen LogP contribution in [-0.4, -0.2) is 14.3 Å². The minimum atomic E-state index is -4.05. The van der Waals surface area contributed by atoms with Crippen LogP contribution in [0.15, 0.2) is 46.1 Å². The third-order valence-electron chi connectivity index (χ3n) is 2.24. The minimum Gasteiger partial charge on any atom is -0.472 e. The van der Waals surface area contributed by atoms with E-state index in [1.54, 1.807) is 0 Å². The lowest BCUT2D eigenvalue weighted by Crippen LogP contribution is -2.15. The summed E-state index contributed by atoms with van der Waals surface area (Å²) in [6, 6.07) is 4.22. The van der Waals surface area contributed by atoms with Gasteiger partial charge in [0.2, 0.25) is 10.0 Å². The highest BCUT2D eigenvalue weighted by atomic mass is 32.2. The molecule has 0 atom stereocenters. The van der Waals surface area contributed by atoms with E-state index in [1.165, 1.54) is 18.6 Å². The van der Waals surface area contributed by atoms with Crippen LogP contribution in [0.25, 0.3) is 0 Å². The zero-order valence-corrected chi connectivity index (χ0v) is 10.3. The normalized spacial score (nSPS) is 11.3. The molecule has 0 bridgehead atoms. The molecule has 3 N–H and O–H groups in total. The summed E-state index contributed by atoms with van der Waals surface area (Å²) in [5, 5.41) is 7.24. The second kappa shape index (κ2) is 4.82. The Hall–Kier alpha value is -2.19. The number of benzene rings is 1. The van der Waals surface area contributed by atoms with Gasteiger partial charge >= 0.3 is 0 Å². The smallest absolute Gasteiger partial charge is 0.258 e. The first kappa shape index (κ1) is 13.2. The molecule has 2 aromatic rings. The maximum Gasteiger partial charge on any atom is 0.258 e. The van der Waals surface area contributed by atoms with E-state index in [-0.39, 0.29) is 11.3 Å². The summed E-state index contributed by atoms with van der Waals surface area (Å²) >= 11 is 0. The van der Waals surface area contributed by atoms with Gasteiger partial charge in [-0.3, -0.25) is 4.79 Å². The van der Waals surface area contributed by atoms with Crippen LogP contribution in [0, 0.1) is 5.82 Å². The quantitative estimate of drug-likeness (QED) is 0.887. The molecular weight excluding hydrogens is 275 g/mol. The third kappa shape index (κ3) is 3.18. The van der Waals surface area contributed by atoms with Crippen LogP contribution in [0.4, 0.5) is 10.1 Å². The van der Waals surface area contributed by atoms with E-state index in [0.717, 1.165) is 18.2 Å². The second-order valence-corrected chi connectivity index (χ2v) is 5.25. The monoisotopic (exact) mass is 284 g/mol. The average Bonchev–Trinajstić information content (AvgIpc) is 2.80. The van der Waals surface area contributed by atoms with E-state index >= 15 is 0 Å². The molecule has 0 radical (unpaired) electrons. The number of halogens is 1. The summed E-state index contributed by atoms with van der Waals surface area (Å²) in [7, 11) is -4.05. The van der Waals surface area contributed by atoms with E-state index in [9.17, 15) is 17.6 Å². The van der Waals surface area contributed by atoms with Crippen molar-refractivity contribution < 1.29 is 22.0 Å². The second-order valence-electron chi connectivity index (χ2n) is 3.69. The number of anilines is 1. The molecule has 0 saturated heterocycles. The Kier molecular flexibility index (Phi) is 3.36. The molecule has 1 aromatic heterocycles. The Morgan fingerprint density at radius 2 is 2.05 bits per heavy atom. The zero-order valence-electron chi connectivity index (χ0n) is 9.46. The fourth-order valence-electron chi connectivity index (χ4n) is 1.40.